The minimum atomic E-state index is -0.588. The van der Waals surface area contributed by atoms with Crippen LogP contribution < -0.4 is 0 Å². The molecular weight excluding hydrogens is 178 g/mol. The first-order valence-corrected chi connectivity index (χ1v) is 5.33. The van der Waals surface area contributed by atoms with Crippen molar-refractivity contribution in [3.05, 3.63) is 17.9 Å². The van der Waals surface area contributed by atoms with Crippen LogP contribution >= 0.6 is 0 Å². The molecule has 1 saturated carbocycles. The Labute approximate surface area is 85.3 Å². The van der Waals surface area contributed by atoms with Gasteiger partial charge in [-0.3, -0.25) is 0 Å². The fourth-order valence-electron chi connectivity index (χ4n) is 1.79. The van der Waals surface area contributed by atoms with E-state index in [-0.39, 0.29) is 6.04 Å². The largest absolute Gasteiger partial charge is 0.624 e. The van der Waals surface area contributed by atoms with Crippen molar-refractivity contribution < 1.29 is 9.85 Å². The molecule has 1 atom stereocenters. The molecule has 3 nitrogen and oxygen atoms in total. The standard InChI is InChI=1S/C11H19NO2/c1-2-11(13)8-9-12(14)10-6-4-3-5-7-10/h2,9-11,13H,1,3-8H2/b12-9-. The van der Waals surface area contributed by atoms with Crippen molar-refractivity contribution in [3.8, 4) is 0 Å². The van der Waals surface area contributed by atoms with Crippen LogP contribution in [0.5, 0.6) is 0 Å². The van der Waals surface area contributed by atoms with Crippen LogP contribution in [0.3, 0.4) is 0 Å². The van der Waals surface area contributed by atoms with Crippen molar-refractivity contribution in [1.29, 1.82) is 0 Å². The second kappa shape index (κ2) is 5.81. The van der Waals surface area contributed by atoms with Gasteiger partial charge in [0.1, 0.15) is 0 Å². The molecule has 0 spiro atoms. The summed E-state index contributed by atoms with van der Waals surface area (Å²) in [5.74, 6) is 0. The predicted octanol–water partition coefficient (Wildman–Crippen LogP) is 1.84. The van der Waals surface area contributed by atoms with E-state index in [1.54, 1.807) is 6.21 Å². The van der Waals surface area contributed by atoms with Gasteiger partial charge >= 0.3 is 0 Å². The highest BCUT2D eigenvalue weighted by molar-refractivity contribution is 5.52. The summed E-state index contributed by atoms with van der Waals surface area (Å²) in [6.07, 6.45) is 8.32. The van der Waals surface area contributed by atoms with Crippen LogP contribution in [-0.2, 0) is 0 Å². The first kappa shape index (κ1) is 11.2. The molecule has 0 aromatic heterocycles. The van der Waals surface area contributed by atoms with Crippen LogP contribution in [0.4, 0.5) is 0 Å². The molecule has 1 unspecified atom stereocenters. The number of nitrogens with zero attached hydrogens (tertiary/aromatic N) is 1. The Hall–Kier alpha value is -0.830. The van der Waals surface area contributed by atoms with Crippen molar-refractivity contribution >= 4 is 6.21 Å². The van der Waals surface area contributed by atoms with E-state index in [0.717, 1.165) is 30.4 Å². The van der Waals surface area contributed by atoms with Gasteiger partial charge in [-0.1, -0.05) is 12.5 Å². The van der Waals surface area contributed by atoms with E-state index < -0.39 is 6.10 Å². The van der Waals surface area contributed by atoms with Crippen LogP contribution in [0, 0.1) is 5.21 Å². The molecule has 1 aliphatic rings. The Balaban J connectivity index is 2.37. The summed E-state index contributed by atoms with van der Waals surface area (Å²) in [5, 5.41) is 20.7. The van der Waals surface area contributed by atoms with Gasteiger partial charge in [0.05, 0.1) is 12.5 Å². The third-order valence-electron chi connectivity index (χ3n) is 2.73. The minimum Gasteiger partial charge on any atom is -0.624 e. The number of hydroxylamine groups is 1. The highest BCUT2D eigenvalue weighted by Crippen LogP contribution is 2.19. The molecular formula is C11H19NO2. The average Bonchev–Trinajstić information content (AvgIpc) is 2.26. The van der Waals surface area contributed by atoms with E-state index in [9.17, 15) is 10.3 Å². The zero-order chi connectivity index (χ0) is 10.4. The summed E-state index contributed by atoms with van der Waals surface area (Å²) in [7, 11) is 0. The molecule has 0 heterocycles. The van der Waals surface area contributed by atoms with Gasteiger partial charge in [0, 0.05) is 12.8 Å². The van der Waals surface area contributed by atoms with Gasteiger partial charge in [-0.05, 0) is 12.8 Å². The van der Waals surface area contributed by atoms with E-state index in [0.29, 0.717) is 6.42 Å². The van der Waals surface area contributed by atoms with E-state index in [4.69, 9.17) is 0 Å². The van der Waals surface area contributed by atoms with Crippen LogP contribution in [0.25, 0.3) is 0 Å². The molecule has 0 bridgehead atoms. The fourth-order valence-corrected chi connectivity index (χ4v) is 1.79. The first-order chi connectivity index (χ1) is 6.74. The van der Waals surface area contributed by atoms with Gasteiger partial charge < -0.3 is 10.3 Å². The van der Waals surface area contributed by atoms with Gasteiger partial charge in [0.2, 0.25) is 0 Å². The number of rotatable bonds is 4. The molecule has 0 saturated heterocycles. The maximum absolute atomic E-state index is 11.5. The molecule has 0 aromatic rings. The monoisotopic (exact) mass is 197 g/mol. The molecule has 0 aliphatic heterocycles. The quantitative estimate of drug-likeness (QED) is 0.246. The van der Waals surface area contributed by atoms with Crippen LogP contribution in [0.15, 0.2) is 12.7 Å². The molecule has 80 valence electrons. The molecule has 14 heavy (non-hydrogen) atoms. The molecule has 1 N–H and O–H groups in total. The normalized spacial score (nSPS) is 21.9. The summed E-state index contributed by atoms with van der Waals surface area (Å²) < 4.78 is 1.02. The van der Waals surface area contributed by atoms with Gasteiger partial charge in [-0.25, -0.2) is 4.74 Å². The molecule has 1 fully saturated rings. The second-order valence-electron chi connectivity index (χ2n) is 3.87. The first-order valence-electron chi connectivity index (χ1n) is 5.33. The zero-order valence-electron chi connectivity index (χ0n) is 8.56. The van der Waals surface area contributed by atoms with Crippen molar-refractivity contribution in [2.75, 3.05) is 0 Å². The third kappa shape index (κ3) is 3.50. The van der Waals surface area contributed by atoms with Crippen LogP contribution in [0.2, 0.25) is 0 Å². The second-order valence-corrected chi connectivity index (χ2v) is 3.87. The molecule has 3 heteroatoms. The van der Waals surface area contributed by atoms with Crippen LogP contribution in [-0.4, -0.2) is 28.2 Å². The van der Waals surface area contributed by atoms with Crippen molar-refractivity contribution in [3.63, 3.8) is 0 Å². The lowest BCUT2D eigenvalue weighted by Gasteiger charge is -2.20. The smallest absolute Gasteiger partial charge is 0.162 e. The SMILES string of the molecule is C=CC(O)C/C=[N+](\[O-])C1CCCCC1. The third-order valence-corrected chi connectivity index (χ3v) is 2.73. The highest BCUT2D eigenvalue weighted by Gasteiger charge is 2.19. The summed E-state index contributed by atoms with van der Waals surface area (Å²) in [6.45, 7) is 3.46. The molecule has 1 rings (SSSR count). The Morgan fingerprint density at radius 1 is 1.43 bits per heavy atom. The predicted molar refractivity (Wildman–Crippen MR) is 57.4 cm³/mol. The highest BCUT2D eigenvalue weighted by atomic mass is 16.5. The lowest BCUT2D eigenvalue weighted by Crippen LogP contribution is -2.25. The number of aliphatic hydroxyl groups excluding tert-OH is 1. The number of hydrogen-bond donors (Lipinski definition) is 1. The zero-order valence-corrected chi connectivity index (χ0v) is 8.56. The number of aliphatic hydroxyl groups is 1. The van der Waals surface area contributed by atoms with Crippen molar-refractivity contribution in [1.82, 2.24) is 0 Å². The molecule has 0 radical (unpaired) electrons. The minimum absolute atomic E-state index is 0.140. The Morgan fingerprint density at radius 2 is 2.07 bits per heavy atom. The average molecular weight is 197 g/mol. The lowest BCUT2D eigenvalue weighted by molar-refractivity contribution is -0.502. The molecule has 0 aromatic carbocycles. The lowest BCUT2D eigenvalue weighted by atomic mass is 9.96. The maximum Gasteiger partial charge on any atom is 0.162 e. The van der Waals surface area contributed by atoms with Gasteiger partial charge in [-0.15, -0.1) is 6.58 Å². The fraction of sp³-hybridized carbons (Fsp3) is 0.727. The summed E-state index contributed by atoms with van der Waals surface area (Å²) in [5.41, 5.74) is 0. The summed E-state index contributed by atoms with van der Waals surface area (Å²) in [6, 6.07) is 0.140. The van der Waals surface area contributed by atoms with E-state index in [1.165, 1.54) is 12.5 Å². The maximum atomic E-state index is 11.5. The Bertz CT molecular complexity index is 207. The topological polar surface area (TPSA) is 46.3 Å². The Kier molecular flexibility index (Phi) is 4.66. The van der Waals surface area contributed by atoms with Crippen molar-refractivity contribution in [2.24, 2.45) is 0 Å². The molecule has 0 amide bonds. The molecule has 1 aliphatic carbocycles. The van der Waals surface area contributed by atoms with Crippen molar-refractivity contribution in [2.45, 2.75) is 50.7 Å². The van der Waals surface area contributed by atoms with Crippen LogP contribution in [0.1, 0.15) is 38.5 Å². The van der Waals surface area contributed by atoms with Gasteiger partial charge in [-0.2, -0.15) is 0 Å². The Morgan fingerprint density at radius 3 is 2.64 bits per heavy atom. The number of hydrogen-bond acceptors (Lipinski definition) is 2. The summed E-state index contributed by atoms with van der Waals surface area (Å²) in [4.78, 5) is 0. The van der Waals surface area contributed by atoms with E-state index in [2.05, 4.69) is 6.58 Å². The van der Waals surface area contributed by atoms with E-state index in [1.807, 2.05) is 0 Å². The summed E-state index contributed by atoms with van der Waals surface area (Å²) >= 11 is 0. The van der Waals surface area contributed by atoms with Gasteiger partial charge in [0.25, 0.3) is 0 Å². The van der Waals surface area contributed by atoms with E-state index >= 15 is 0 Å². The van der Waals surface area contributed by atoms with Gasteiger partial charge in [0.15, 0.2) is 12.3 Å².